The number of pyridine rings is 1. The van der Waals surface area contributed by atoms with E-state index in [-0.39, 0.29) is 11.9 Å². The first kappa shape index (κ1) is 21.6. The monoisotopic (exact) mass is 432 g/mol. The Bertz CT molecular complexity index is 925. The smallest absolute Gasteiger partial charge is 0.368 e. The maximum atomic E-state index is 13.1. The van der Waals surface area contributed by atoms with Crippen molar-refractivity contribution in [1.82, 2.24) is 15.2 Å². The van der Waals surface area contributed by atoms with Crippen LogP contribution < -0.4 is 10.2 Å². The molecule has 8 heteroatoms. The summed E-state index contributed by atoms with van der Waals surface area (Å²) in [5, 5.41) is 3.09. The van der Waals surface area contributed by atoms with Gasteiger partial charge in [0.2, 0.25) is 5.91 Å². The first-order valence-corrected chi connectivity index (χ1v) is 10.6. The molecule has 1 N–H and O–H groups in total. The van der Waals surface area contributed by atoms with Gasteiger partial charge in [-0.15, -0.1) is 0 Å². The van der Waals surface area contributed by atoms with E-state index in [2.05, 4.69) is 22.4 Å². The lowest BCUT2D eigenvalue weighted by Gasteiger charge is -2.26. The predicted molar refractivity (Wildman–Crippen MR) is 113 cm³/mol. The second kappa shape index (κ2) is 8.49. The van der Waals surface area contributed by atoms with Crippen molar-refractivity contribution >= 4 is 11.6 Å². The second-order valence-corrected chi connectivity index (χ2v) is 8.68. The van der Waals surface area contributed by atoms with Gasteiger partial charge in [-0.2, -0.15) is 13.2 Å². The number of likely N-dealkylation sites (N-methyl/N-ethyl adjacent to an activating group) is 1. The van der Waals surface area contributed by atoms with E-state index in [1.165, 1.54) is 24.6 Å². The minimum absolute atomic E-state index is 0.0989. The predicted octanol–water partition coefficient (Wildman–Crippen LogP) is 3.98. The van der Waals surface area contributed by atoms with Crippen LogP contribution in [0.15, 0.2) is 42.7 Å². The molecule has 1 aromatic heterocycles. The summed E-state index contributed by atoms with van der Waals surface area (Å²) in [4.78, 5) is 20.5. The van der Waals surface area contributed by atoms with Gasteiger partial charge in [0.15, 0.2) is 0 Å². The zero-order valence-corrected chi connectivity index (χ0v) is 17.7. The molecule has 166 valence electrons. The third-order valence-electron chi connectivity index (χ3n) is 6.02. The third-order valence-corrected chi connectivity index (χ3v) is 6.02. The number of hydrogen-bond donors (Lipinski definition) is 1. The van der Waals surface area contributed by atoms with E-state index in [1.807, 2.05) is 36.0 Å². The summed E-state index contributed by atoms with van der Waals surface area (Å²) in [7, 11) is 3.74. The van der Waals surface area contributed by atoms with Gasteiger partial charge in [0.25, 0.3) is 0 Å². The number of benzene rings is 1. The molecule has 1 saturated carbocycles. The zero-order chi connectivity index (χ0) is 22.2. The summed E-state index contributed by atoms with van der Waals surface area (Å²) in [6.45, 7) is 1.02. The van der Waals surface area contributed by atoms with Crippen molar-refractivity contribution in [2.24, 2.45) is 0 Å². The van der Waals surface area contributed by atoms with Crippen molar-refractivity contribution in [3.63, 3.8) is 0 Å². The molecule has 1 unspecified atom stereocenters. The molecule has 4 rings (SSSR count). The molecular formula is C23H27F3N4O. The number of carbonyl (C=O) groups excluding carboxylic acids is 1. The number of carbonyl (C=O) groups is 1. The highest BCUT2D eigenvalue weighted by atomic mass is 19.4. The van der Waals surface area contributed by atoms with Crippen molar-refractivity contribution in [1.29, 1.82) is 0 Å². The number of alkyl halides is 3. The zero-order valence-electron chi connectivity index (χ0n) is 17.7. The largest absolute Gasteiger partial charge is 0.417 e. The summed E-state index contributed by atoms with van der Waals surface area (Å²) in [5.41, 5.74) is 1.91. The lowest BCUT2D eigenvalue weighted by Crippen LogP contribution is -2.43. The van der Waals surface area contributed by atoms with Crippen LogP contribution in [0.4, 0.5) is 18.9 Å². The number of rotatable bonds is 6. The molecule has 1 aromatic carbocycles. The van der Waals surface area contributed by atoms with E-state index in [0.29, 0.717) is 31.1 Å². The Morgan fingerprint density at radius 3 is 2.48 bits per heavy atom. The molecule has 2 heterocycles. The summed E-state index contributed by atoms with van der Waals surface area (Å²) >= 11 is 0. The average Bonchev–Trinajstić information content (AvgIpc) is 3.47. The maximum Gasteiger partial charge on any atom is 0.417 e. The van der Waals surface area contributed by atoms with Gasteiger partial charge < -0.3 is 10.2 Å². The molecule has 2 fully saturated rings. The van der Waals surface area contributed by atoms with Crippen LogP contribution in [0.3, 0.4) is 0 Å². The molecule has 31 heavy (non-hydrogen) atoms. The van der Waals surface area contributed by atoms with Gasteiger partial charge in [-0.25, -0.2) is 0 Å². The quantitative estimate of drug-likeness (QED) is 0.750. The Kier molecular flexibility index (Phi) is 5.92. The molecule has 0 spiro atoms. The lowest BCUT2D eigenvalue weighted by atomic mass is 10.0. The van der Waals surface area contributed by atoms with Crippen LogP contribution in [-0.2, 0) is 11.0 Å². The Morgan fingerprint density at radius 2 is 1.87 bits per heavy atom. The number of nitrogens with one attached hydrogen (secondary N) is 1. The van der Waals surface area contributed by atoms with Crippen LogP contribution in [0, 0.1) is 0 Å². The fraction of sp³-hybridized carbons (Fsp3) is 0.478. The molecule has 0 bridgehead atoms. The molecule has 5 nitrogen and oxygen atoms in total. The van der Waals surface area contributed by atoms with E-state index in [0.717, 1.165) is 17.8 Å². The van der Waals surface area contributed by atoms with Crippen LogP contribution in [0.2, 0.25) is 0 Å². The van der Waals surface area contributed by atoms with Crippen molar-refractivity contribution in [2.45, 2.75) is 43.4 Å². The average molecular weight is 432 g/mol. The van der Waals surface area contributed by atoms with E-state index in [1.54, 1.807) is 0 Å². The van der Waals surface area contributed by atoms with Gasteiger partial charge in [-0.1, -0.05) is 24.3 Å². The number of hydrogen-bond acceptors (Lipinski definition) is 4. The van der Waals surface area contributed by atoms with Crippen molar-refractivity contribution in [2.75, 3.05) is 32.1 Å². The molecular weight excluding hydrogens is 405 g/mol. The SMILES string of the molecule is CN(C)C(C(=O)N[C@@H]1CCN(c2cncc(C(F)(F)F)c2)C1)c1ccc(C2CC2)cc1. The van der Waals surface area contributed by atoms with Crippen LogP contribution in [-0.4, -0.2) is 49.0 Å². The van der Waals surface area contributed by atoms with Gasteiger partial charge in [0.1, 0.15) is 6.04 Å². The summed E-state index contributed by atoms with van der Waals surface area (Å²) in [6, 6.07) is 8.82. The number of halogens is 3. The van der Waals surface area contributed by atoms with Crippen molar-refractivity contribution in [3.8, 4) is 0 Å². The van der Waals surface area contributed by atoms with Crippen LogP contribution in [0.25, 0.3) is 0 Å². The second-order valence-electron chi connectivity index (χ2n) is 8.68. The summed E-state index contributed by atoms with van der Waals surface area (Å²) in [5.74, 6) is 0.564. The molecule has 1 aliphatic heterocycles. The topological polar surface area (TPSA) is 48.5 Å². The Morgan fingerprint density at radius 1 is 1.16 bits per heavy atom. The molecule has 0 radical (unpaired) electrons. The van der Waals surface area contributed by atoms with E-state index in [4.69, 9.17) is 0 Å². The van der Waals surface area contributed by atoms with Crippen molar-refractivity contribution < 1.29 is 18.0 Å². The van der Waals surface area contributed by atoms with Gasteiger partial charge in [-0.3, -0.25) is 14.7 Å². The minimum atomic E-state index is -4.43. The van der Waals surface area contributed by atoms with Gasteiger partial charge >= 0.3 is 6.18 Å². The highest BCUT2D eigenvalue weighted by Crippen LogP contribution is 2.40. The third kappa shape index (κ3) is 5.01. The standard InChI is InChI=1S/C23H27F3N4O/c1-29(2)21(17-7-5-16(6-8-17)15-3-4-15)22(31)28-19-9-10-30(14-19)20-11-18(12-27-13-20)23(24,25)26/h5-8,11-13,15,19,21H,3-4,9-10,14H2,1-2H3,(H,28,31)/t19-,21?/m1/s1. The molecule has 1 amide bonds. The van der Waals surface area contributed by atoms with E-state index in [9.17, 15) is 18.0 Å². The first-order valence-electron chi connectivity index (χ1n) is 10.6. The number of anilines is 1. The van der Waals surface area contributed by atoms with Crippen molar-refractivity contribution in [3.05, 3.63) is 59.4 Å². The Labute approximate surface area is 180 Å². The highest BCUT2D eigenvalue weighted by Gasteiger charge is 2.33. The van der Waals surface area contributed by atoms with Gasteiger partial charge in [0, 0.05) is 25.3 Å². The lowest BCUT2D eigenvalue weighted by molar-refractivity contribution is -0.137. The van der Waals surface area contributed by atoms with E-state index < -0.39 is 17.8 Å². The normalized spacial score (nSPS) is 20.2. The van der Waals surface area contributed by atoms with Gasteiger partial charge in [0.05, 0.1) is 17.4 Å². The van der Waals surface area contributed by atoms with Crippen LogP contribution in [0.1, 0.15) is 47.9 Å². The molecule has 2 aromatic rings. The molecule has 1 saturated heterocycles. The number of nitrogens with zero attached hydrogens (tertiary/aromatic N) is 3. The first-order chi connectivity index (χ1) is 14.7. The Balaban J connectivity index is 1.41. The number of amides is 1. The molecule has 2 aliphatic rings. The van der Waals surface area contributed by atoms with Crippen LogP contribution in [0.5, 0.6) is 0 Å². The summed E-state index contributed by atoms with van der Waals surface area (Å²) < 4.78 is 38.9. The van der Waals surface area contributed by atoms with Gasteiger partial charge in [-0.05, 0) is 56.5 Å². The summed E-state index contributed by atoms with van der Waals surface area (Å²) in [6.07, 6.45) is 0.971. The molecule has 1 aliphatic carbocycles. The van der Waals surface area contributed by atoms with E-state index >= 15 is 0 Å². The highest BCUT2D eigenvalue weighted by molar-refractivity contribution is 5.83. The fourth-order valence-corrected chi connectivity index (χ4v) is 4.20. The maximum absolute atomic E-state index is 13.1. The molecule has 2 atom stereocenters. The fourth-order valence-electron chi connectivity index (χ4n) is 4.20. The van der Waals surface area contributed by atoms with Crippen LogP contribution >= 0.6 is 0 Å². The Hall–Kier alpha value is -2.61. The minimum Gasteiger partial charge on any atom is -0.368 e. The number of aromatic nitrogens is 1.